The van der Waals surface area contributed by atoms with Gasteiger partial charge >= 0.3 is 12.0 Å². The first-order chi connectivity index (χ1) is 20.4. The van der Waals surface area contributed by atoms with Crippen LogP contribution < -0.4 is 10.6 Å². The van der Waals surface area contributed by atoms with Crippen LogP contribution in [0.15, 0.2) is 12.7 Å². The maximum atomic E-state index is 14.2. The van der Waals surface area contributed by atoms with E-state index in [1.54, 1.807) is 45.6 Å². The zero-order chi connectivity index (χ0) is 33.6. The Morgan fingerprint density at radius 2 is 1.77 bits per heavy atom. The Kier molecular flexibility index (Phi) is 12.5. The predicted octanol–water partition coefficient (Wildman–Crippen LogP) is 3.86. The van der Waals surface area contributed by atoms with Crippen LogP contribution in [0.3, 0.4) is 0 Å². The highest BCUT2D eigenvalue weighted by atomic mass is 16.5. The molecule has 0 aromatic carbocycles. The first-order valence-electron chi connectivity index (χ1n) is 15.6. The summed E-state index contributed by atoms with van der Waals surface area (Å²) in [6.07, 6.45) is 8.11. The molecule has 1 unspecified atom stereocenters. The molecule has 44 heavy (non-hydrogen) atoms. The lowest BCUT2D eigenvalue weighted by Crippen LogP contribution is -2.61. The number of ether oxygens (including phenoxy) is 1. The molecule has 10 nitrogen and oxygen atoms in total. The van der Waals surface area contributed by atoms with Crippen molar-refractivity contribution < 1.29 is 33.5 Å². The van der Waals surface area contributed by atoms with Gasteiger partial charge in [0.25, 0.3) is 0 Å². The summed E-state index contributed by atoms with van der Waals surface area (Å²) in [7, 11) is 0. The van der Waals surface area contributed by atoms with Crippen LogP contribution in [0.2, 0.25) is 0 Å². The number of nitrogens with zero attached hydrogens (tertiary/aromatic N) is 1. The standard InChI is InChI=1S/C34H51N3O7/c1-11-14-16-23(38)28(40)21(15-12-2)18-24(39)27-25-22(34(25,9)10)19-37(27)30(41)29(33(6,7)8)36-32(43)35-26(20(4)5)31(42)44-17-13-3/h3,11,20-22,25-27,29H,1,12,14-19H2,2,4-10H3,(H2,35,36,43)/t21?,22-,25-,26-,27+,29+/m0/s1. The highest BCUT2D eigenvalue weighted by Gasteiger charge is 2.69. The van der Waals surface area contributed by atoms with E-state index < -0.39 is 58.9 Å². The van der Waals surface area contributed by atoms with Gasteiger partial charge in [-0.3, -0.25) is 19.2 Å². The maximum absolute atomic E-state index is 14.2. The number of terminal acetylenes is 1. The van der Waals surface area contributed by atoms with Crippen molar-refractivity contribution in [2.45, 2.75) is 106 Å². The molecule has 1 aliphatic heterocycles. The minimum Gasteiger partial charge on any atom is -0.451 e. The van der Waals surface area contributed by atoms with Crippen LogP contribution in [0.5, 0.6) is 0 Å². The Balaban J connectivity index is 2.30. The van der Waals surface area contributed by atoms with Crippen LogP contribution in [0, 0.1) is 46.8 Å². The fourth-order valence-corrected chi connectivity index (χ4v) is 6.33. The van der Waals surface area contributed by atoms with Crippen molar-refractivity contribution in [1.29, 1.82) is 0 Å². The number of likely N-dealkylation sites (tertiary alicyclic amines) is 1. The molecule has 2 rings (SSSR count). The monoisotopic (exact) mass is 613 g/mol. The number of rotatable bonds is 16. The van der Waals surface area contributed by atoms with Crippen molar-refractivity contribution in [1.82, 2.24) is 15.5 Å². The van der Waals surface area contributed by atoms with Crippen LogP contribution in [0.4, 0.5) is 4.79 Å². The first kappa shape index (κ1) is 36.7. The van der Waals surface area contributed by atoms with Gasteiger partial charge in [0, 0.05) is 25.3 Å². The number of piperidine rings is 1. The number of hydrogen-bond acceptors (Lipinski definition) is 7. The molecule has 10 heteroatoms. The van der Waals surface area contributed by atoms with Gasteiger partial charge in [0.2, 0.25) is 11.7 Å². The molecule has 2 N–H and O–H groups in total. The summed E-state index contributed by atoms with van der Waals surface area (Å²) in [6.45, 7) is 18.6. The van der Waals surface area contributed by atoms with Crippen LogP contribution in [-0.2, 0) is 28.7 Å². The van der Waals surface area contributed by atoms with E-state index in [0.717, 1.165) is 0 Å². The third-order valence-electron chi connectivity index (χ3n) is 9.02. The summed E-state index contributed by atoms with van der Waals surface area (Å²) in [6, 6.07) is -3.51. The SMILES string of the molecule is C#CCOC(=O)[C@@H](NC(=O)N[C@H](C(=O)N1C[C@H]2[C@@H]([C@H]1C(=O)CC(CCC)C(=O)C(=O)CCC=C)C2(C)C)C(C)(C)C)C(C)C. The normalized spacial score (nSPS) is 22.1. The molecule has 0 radical (unpaired) electrons. The number of ketones is 3. The molecule has 2 fully saturated rings. The Bertz CT molecular complexity index is 1180. The van der Waals surface area contributed by atoms with Crippen molar-refractivity contribution in [2.75, 3.05) is 13.2 Å². The molecule has 0 bridgehead atoms. The number of Topliss-reactive ketones (excluding diaryl/α,β-unsaturated/α-hetero) is 3. The number of carbonyl (C=O) groups excluding carboxylic acids is 6. The molecule has 1 saturated carbocycles. The Morgan fingerprint density at radius 3 is 2.30 bits per heavy atom. The summed E-state index contributed by atoms with van der Waals surface area (Å²) < 4.78 is 5.01. The highest BCUT2D eigenvalue weighted by Crippen LogP contribution is 2.65. The number of nitrogens with one attached hydrogen (secondary N) is 2. The predicted molar refractivity (Wildman–Crippen MR) is 167 cm³/mol. The molecule has 1 aliphatic carbocycles. The summed E-state index contributed by atoms with van der Waals surface area (Å²) >= 11 is 0. The van der Waals surface area contributed by atoms with E-state index in [9.17, 15) is 28.8 Å². The average Bonchev–Trinajstić information content (AvgIpc) is 3.26. The molecular weight excluding hydrogens is 562 g/mol. The molecular formula is C34H51N3O7. The molecule has 3 amide bonds. The summed E-state index contributed by atoms with van der Waals surface area (Å²) in [5.74, 6) is -1.21. The van der Waals surface area contributed by atoms with Gasteiger partial charge in [-0.2, -0.15) is 0 Å². The third kappa shape index (κ3) is 8.58. The van der Waals surface area contributed by atoms with Gasteiger partial charge in [-0.05, 0) is 41.4 Å². The van der Waals surface area contributed by atoms with Crippen LogP contribution in [0.1, 0.15) is 87.5 Å². The second-order valence-corrected chi connectivity index (χ2v) is 14.1. The van der Waals surface area contributed by atoms with Crippen molar-refractivity contribution in [3.8, 4) is 12.3 Å². The number of hydrogen-bond donors (Lipinski definition) is 2. The zero-order valence-corrected chi connectivity index (χ0v) is 27.7. The maximum Gasteiger partial charge on any atom is 0.329 e. The summed E-state index contributed by atoms with van der Waals surface area (Å²) in [5.41, 5.74) is -0.910. The fraction of sp³-hybridized carbons (Fsp3) is 0.706. The molecule has 1 saturated heterocycles. The molecule has 0 spiro atoms. The van der Waals surface area contributed by atoms with Gasteiger partial charge in [-0.25, -0.2) is 9.59 Å². The van der Waals surface area contributed by atoms with Crippen LogP contribution in [0.25, 0.3) is 0 Å². The number of esters is 1. The van der Waals surface area contributed by atoms with Gasteiger partial charge in [0.15, 0.2) is 18.2 Å². The Morgan fingerprint density at radius 1 is 1.14 bits per heavy atom. The van der Waals surface area contributed by atoms with E-state index in [4.69, 9.17) is 11.2 Å². The van der Waals surface area contributed by atoms with E-state index in [0.29, 0.717) is 25.8 Å². The fourth-order valence-electron chi connectivity index (χ4n) is 6.33. The number of amides is 3. The Labute approximate surface area is 262 Å². The van der Waals surface area contributed by atoms with Crippen LogP contribution >= 0.6 is 0 Å². The molecule has 6 atom stereocenters. The van der Waals surface area contributed by atoms with E-state index in [1.165, 1.54) is 0 Å². The van der Waals surface area contributed by atoms with Crippen molar-refractivity contribution >= 4 is 35.3 Å². The minimum absolute atomic E-state index is 0.0583. The quantitative estimate of drug-likeness (QED) is 0.117. The smallest absolute Gasteiger partial charge is 0.329 e. The third-order valence-corrected chi connectivity index (χ3v) is 9.02. The highest BCUT2D eigenvalue weighted by molar-refractivity contribution is 6.38. The van der Waals surface area contributed by atoms with Gasteiger partial charge in [0.1, 0.15) is 12.1 Å². The summed E-state index contributed by atoms with van der Waals surface area (Å²) in [4.78, 5) is 80.8. The van der Waals surface area contributed by atoms with Gasteiger partial charge in [-0.15, -0.1) is 13.0 Å². The molecule has 0 aromatic heterocycles. The average molecular weight is 614 g/mol. The minimum atomic E-state index is -1.03. The molecule has 2 aliphatic rings. The topological polar surface area (TPSA) is 139 Å². The van der Waals surface area contributed by atoms with Gasteiger partial charge in [0.05, 0.1) is 6.04 Å². The lowest BCUT2D eigenvalue weighted by molar-refractivity contribution is -0.145. The van der Waals surface area contributed by atoms with E-state index in [2.05, 4.69) is 37.0 Å². The Hall–Kier alpha value is -3.48. The lowest BCUT2D eigenvalue weighted by Gasteiger charge is -2.38. The van der Waals surface area contributed by atoms with Gasteiger partial charge < -0.3 is 20.3 Å². The van der Waals surface area contributed by atoms with E-state index in [1.807, 2.05) is 6.92 Å². The largest absolute Gasteiger partial charge is 0.451 e. The van der Waals surface area contributed by atoms with Crippen molar-refractivity contribution in [2.24, 2.45) is 34.5 Å². The lowest BCUT2D eigenvalue weighted by atomic mass is 9.84. The first-order valence-corrected chi connectivity index (χ1v) is 15.6. The van der Waals surface area contributed by atoms with E-state index in [-0.39, 0.29) is 48.4 Å². The summed E-state index contributed by atoms with van der Waals surface area (Å²) in [5, 5.41) is 5.36. The number of urea groups is 1. The molecule has 0 aromatic rings. The second-order valence-electron chi connectivity index (χ2n) is 14.1. The van der Waals surface area contributed by atoms with Crippen molar-refractivity contribution in [3.05, 3.63) is 12.7 Å². The van der Waals surface area contributed by atoms with E-state index >= 15 is 0 Å². The second kappa shape index (κ2) is 15.0. The van der Waals surface area contributed by atoms with Gasteiger partial charge in [-0.1, -0.05) is 73.8 Å². The number of allylic oxidation sites excluding steroid dienone is 1. The molecule has 1 heterocycles. The van der Waals surface area contributed by atoms with Crippen molar-refractivity contribution in [3.63, 3.8) is 0 Å². The molecule has 244 valence electrons. The number of carbonyl (C=O) groups is 6. The zero-order valence-electron chi connectivity index (χ0n) is 27.7. The number of fused-ring (bicyclic) bond motifs is 1. The van der Waals surface area contributed by atoms with Crippen LogP contribution in [-0.4, -0.2) is 71.4 Å².